The van der Waals surface area contributed by atoms with Crippen molar-refractivity contribution < 1.29 is 38.7 Å². The molecule has 2 aromatic rings. The minimum atomic E-state index is -1.15. The summed E-state index contributed by atoms with van der Waals surface area (Å²) in [6.45, 7) is -0.957. The highest BCUT2D eigenvalue weighted by Gasteiger charge is 2.24. The Balaban J connectivity index is 1.93. The molecule has 0 aliphatic rings. The predicted molar refractivity (Wildman–Crippen MR) is 124 cm³/mol. The summed E-state index contributed by atoms with van der Waals surface area (Å²) in [6.07, 6.45) is -0.595. The monoisotopic (exact) mass is 500 g/mol. The summed E-state index contributed by atoms with van der Waals surface area (Å²) >= 11 is 0. The van der Waals surface area contributed by atoms with Crippen LogP contribution in [0.2, 0.25) is 0 Å². The smallest absolute Gasteiger partial charge is 0.334 e. The Morgan fingerprint density at radius 1 is 0.861 bits per heavy atom. The number of ether oxygens (including phenoxy) is 1. The first-order chi connectivity index (χ1) is 17.1. The fraction of sp³-hybridized carbons (Fsp3) is 0.261. The first-order valence-electron chi connectivity index (χ1n) is 10.7. The molecule has 0 saturated heterocycles. The van der Waals surface area contributed by atoms with E-state index in [-0.39, 0.29) is 30.7 Å². The number of hydrogen-bond acceptors (Lipinski definition) is 8. The second-order valence-corrected chi connectivity index (χ2v) is 7.43. The number of aliphatic carboxylic acids is 1. The number of amides is 3. The fourth-order valence-corrected chi connectivity index (χ4v) is 2.84. The van der Waals surface area contributed by atoms with Crippen LogP contribution in [0, 0.1) is 10.1 Å². The van der Waals surface area contributed by atoms with Gasteiger partial charge >= 0.3 is 11.9 Å². The Labute approximate surface area is 205 Å². The number of nitro groups is 1. The van der Waals surface area contributed by atoms with Gasteiger partial charge in [0, 0.05) is 25.0 Å². The van der Waals surface area contributed by atoms with E-state index in [1.165, 1.54) is 24.3 Å². The van der Waals surface area contributed by atoms with Crippen LogP contribution in [0.5, 0.6) is 5.75 Å². The number of esters is 1. The van der Waals surface area contributed by atoms with E-state index in [0.717, 1.165) is 5.56 Å². The number of nitrogens with zero attached hydrogens (tertiary/aromatic N) is 1. The van der Waals surface area contributed by atoms with Crippen molar-refractivity contribution in [2.75, 3.05) is 13.1 Å². The number of nitrogens with one attached hydrogen (secondary N) is 3. The second kappa shape index (κ2) is 13.8. The average molecular weight is 500 g/mol. The molecule has 1 atom stereocenters. The van der Waals surface area contributed by atoms with Crippen molar-refractivity contribution in [3.8, 4) is 5.75 Å². The number of rotatable bonds is 13. The first-order valence-corrected chi connectivity index (χ1v) is 10.7. The van der Waals surface area contributed by atoms with E-state index >= 15 is 0 Å². The molecule has 2 rings (SSSR count). The van der Waals surface area contributed by atoms with Crippen LogP contribution in [-0.2, 0) is 30.4 Å². The van der Waals surface area contributed by atoms with Crippen molar-refractivity contribution in [2.45, 2.75) is 25.3 Å². The van der Waals surface area contributed by atoms with Crippen LogP contribution in [-0.4, -0.2) is 58.8 Å². The predicted octanol–water partition coefficient (Wildman–Crippen LogP) is 0.325. The molecule has 0 heterocycles. The van der Waals surface area contributed by atoms with Gasteiger partial charge in [-0.1, -0.05) is 30.3 Å². The maximum Gasteiger partial charge on any atom is 0.334 e. The van der Waals surface area contributed by atoms with Crippen molar-refractivity contribution in [3.05, 3.63) is 70.3 Å². The average Bonchev–Trinajstić information content (AvgIpc) is 2.85. The largest absolute Gasteiger partial charge is 0.481 e. The maximum absolute atomic E-state index is 12.7. The van der Waals surface area contributed by atoms with Crippen LogP contribution in [0.1, 0.15) is 18.4 Å². The van der Waals surface area contributed by atoms with Crippen LogP contribution >= 0.6 is 0 Å². The number of nitro benzene ring substituents is 1. The third-order valence-corrected chi connectivity index (χ3v) is 4.63. The SMILES string of the molecule is O=C(O)CCC(=O)NCC(=O)NCC(=O)N[C@@H](Cc1ccccc1)C(=O)Oc1ccc([N+](=O)[O-])cc1. The van der Waals surface area contributed by atoms with Crippen LogP contribution in [0.4, 0.5) is 5.69 Å². The van der Waals surface area contributed by atoms with E-state index in [2.05, 4.69) is 16.0 Å². The van der Waals surface area contributed by atoms with Crippen molar-refractivity contribution in [1.29, 1.82) is 0 Å². The topological polar surface area (TPSA) is 194 Å². The van der Waals surface area contributed by atoms with Gasteiger partial charge in [0.2, 0.25) is 17.7 Å². The van der Waals surface area contributed by atoms with Crippen molar-refractivity contribution >= 4 is 35.3 Å². The van der Waals surface area contributed by atoms with Gasteiger partial charge in [-0.25, -0.2) is 4.79 Å². The zero-order chi connectivity index (χ0) is 26.5. The van der Waals surface area contributed by atoms with Gasteiger partial charge in [0.25, 0.3) is 5.69 Å². The normalized spacial score (nSPS) is 11.0. The Kier molecular flexibility index (Phi) is 10.5. The molecule has 0 fully saturated rings. The fourth-order valence-electron chi connectivity index (χ4n) is 2.84. The van der Waals surface area contributed by atoms with Gasteiger partial charge in [-0.2, -0.15) is 0 Å². The highest BCUT2D eigenvalue weighted by molar-refractivity contribution is 5.90. The first kappa shape index (κ1) is 27.4. The molecule has 0 aliphatic carbocycles. The van der Waals surface area contributed by atoms with Crippen molar-refractivity contribution in [1.82, 2.24) is 16.0 Å². The van der Waals surface area contributed by atoms with Gasteiger partial charge < -0.3 is 25.8 Å². The van der Waals surface area contributed by atoms with E-state index < -0.39 is 53.7 Å². The minimum absolute atomic E-state index is 0.0462. The number of carbonyl (C=O) groups is 5. The molecule has 0 saturated carbocycles. The molecule has 3 amide bonds. The van der Waals surface area contributed by atoms with E-state index in [1.807, 2.05) is 0 Å². The number of hydrogen-bond donors (Lipinski definition) is 4. The van der Waals surface area contributed by atoms with Crippen molar-refractivity contribution in [2.24, 2.45) is 0 Å². The van der Waals surface area contributed by atoms with E-state index in [0.29, 0.717) is 0 Å². The molecule has 2 aromatic carbocycles. The number of benzene rings is 2. The van der Waals surface area contributed by atoms with E-state index in [1.54, 1.807) is 30.3 Å². The summed E-state index contributed by atoms with van der Waals surface area (Å²) in [4.78, 5) is 69.1. The minimum Gasteiger partial charge on any atom is -0.481 e. The molecular formula is C23H24N4O9. The second-order valence-electron chi connectivity index (χ2n) is 7.43. The van der Waals surface area contributed by atoms with Gasteiger partial charge in [-0.15, -0.1) is 0 Å². The highest BCUT2D eigenvalue weighted by Crippen LogP contribution is 2.18. The van der Waals surface area contributed by atoms with Crippen LogP contribution in [0.15, 0.2) is 54.6 Å². The summed E-state index contributed by atoms with van der Waals surface area (Å²) in [5.74, 6) is -3.95. The molecule has 190 valence electrons. The quantitative estimate of drug-likeness (QED) is 0.130. The van der Waals surface area contributed by atoms with Crippen molar-refractivity contribution in [3.63, 3.8) is 0 Å². The molecule has 4 N–H and O–H groups in total. The lowest BCUT2D eigenvalue weighted by atomic mass is 10.1. The Morgan fingerprint density at radius 2 is 1.47 bits per heavy atom. The number of carbonyl (C=O) groups excluding carboxylic acids is 4. The van der Waals surface area contributed by atoms with E-state index in [9.17, 15) is 34.1 Å². The third kappa shape index (κ3) is 9.99. The summed E-state index contributed by atoms with van der Waals surface area (Å²) in [7, 11) is 0. The van der Waals surface area contributed by atoms with Gasteiger partial charge in [0.15, 0.2) is 0 Å². The molecule has 13 nitrogen and oxygen atoms in total. The van der Waals surface area contributed by atoms with Crippen LogP contribution in [0.25, 0.3) is 0 Å². The lowest BCUT2D eigenvalue weighted by Gasteiger charge is -2.18. The molecule has 0 spiro atoms. The molecule has 0 unspecified atom stereocenters. The highest BCUT2D eigenvalue weighted by atomic mass is 16.6. The number of carboxylic acids is 1. The molecule has 0 aliphatic heterocycles. The zero-order valence-electron chi connectivity index (χ0n) is 19.0. The van der Waals surface area contributed by atoms with Gasteiger partial charge in [-0.05, 0) is 17.7 Å². The van der Waals surface area contributed by atoms with Gasteiger partial charge in [-0.3, -0.25) is 29.3 Å². The lowest BCUT2D eigenvalue weighted by molar-refractivity contribution is -0.384. The molecule has 36 heavy (non-hydrogen) atoms. The third-order valence-electron chi connectivity index (χ3n) is 4.63. The Bertz CT molecular complexity index is 1100. The number of non-ortho nitro benzene ring substituents is 1. The van der Waals surface area contributed by atoms with Crippen LogP contribution in [0.3, 0.4) is 0 Å². The molecule has 0 aromatic heterocycles. The number of carboxylic acid groups (broad SMARTS) is 1. The summed E-state index contributed by atoms with van der Waals surface area (Å²) in [6, 6.07) is 12.5. The molecule has 0 bridgehead atoms. The Morgan fingerprint density at radius 3 is 2.08 bits per heavy atom. The van der Waals surface area contributed by atoms with Crippen LogP contribution < -0.4 is 20.7 Å². The summed E-state index contributed by atoms with van der Waals surface area (Å²) in [5, 5.41) is 26.3. The standard InChI is InChI=1S/C23H24N4O9/c28-19(10-11-22(31)32)24-13-20(29)25-14-21(30)26-18(12-15-4-2-1-3-5-15)23(33)36-17-8-6-16(7-9-17)27(34)35/h1-9,18H,10-14H2,(H,24,28)(H,25,29)(H,26,30)(H,31,32)/t18-/m0/s1. The molecular weight excluding hydrogens is 476 g/mol. The summed E-state index contributed by atoms with van der Waals surface area (Å²) in [5.41, 5.74) is 0.536. The van der Waals surface area contributed by atoms with Gasteiger partial charge in [0.1, 0.15) is 11.8 Å². The summed E-state index contributed by atoms with van der Waals surface area (Å²) < 4.78 is 5.26. The Hall–Kier alpha value is -4.81. The van der Waals surface area contributed by atoms with Gasteiger partial charge in [0.05, 0.1) is 24.4 Å². The van der Waals surface area contributed by atoms with E-state index in [4.69, 9.17) is 9.84 Å². The lowest BCUT2D eigenvalue weighted by Crippen LogP contribution is -2.49. The molecule has 0 radical (unpaired) electrons. The molecule has 13 heteroatoms. The maximum atomic E-state index is 12.7. The zero-order valence-corrected chi connectivity index (χ0v) is 19.0.